The molecule has 3 rings (SSSR count). The van der Waals surface area contributed by atoms with Crippen molar-refractivity contribution in [3.05, 3.63) is 70.8 Å². The molecule has 0 amide bonds. The average Bonchev–Trinajstić information content (AvgIpc) is 2.60. The molecule has 1 atom stereocenters. The molecule has 0 aliphatic heterocycles. The van der Waals surface area contributed by atoms with E-state index in [1.54, 1.807) is 0 Å². The van der Waals surface area contributed by atoms with Gasteiger partial charge in [-0.2, -0.15) is 0 Å². The molecule has 0 spiro atoms. The average molecular weight is 351 g/mol. The number of aliphatic carboxylic acids is 1. The molecule has 0 heterocycles. The summed E-state index contributed by atoms with van der Waals surface area (Å²) in [5.74, 6) is -1.19. The number of carboxylic acids is 1. The molecule has 0 saturated heterocycles. The van der Waals surface area contributed by atoms with Gasteiger partial charge in [-0.1, -0.05) is 76.2 Å². The lowest BCUT2D eigenvalue weighted by Gasteiger charge is -2.42. The third kappa shape index (κ3) is 3.70. The third-order valence-electron chi connectivity index (χ3n) is 6.14. The van der Waals surface area contributed by atoms with Crippen LogP contribution >= 0.6 is 0 Å². The van der Waals surface area contributed by atoms with Crippen LogP contribution < -0.4 is 0 Å². The highest BCUT2D eigenvalue weighted by Gasteiger charge is 2.37. The summed E-state index contributed by atoms with van der Waals surface area (Å²) in [6.07, 6.45) is 3.71. The highest BCUT2D eigenvalue weighted by atomic mass is 16.4. The van der Waals surface area contributed by atoms with Crippen molar-refractivity contribution in [2.45, 2.75) is 70.1 Å². The number of benzene rings is 2. The van der Waals surface area contributed by atoms with Crippen LogP contribution in [-0.2, 0) is 22.0 Å². The normalized spacial score (nSPS) is 18.8. The van der Waals surface area contributed by atoms with Crippen molar-refractivity contribution in [1.82, 2.24) is 0 Å². The van der Waals surface area contributed by atoms with Crippen molar-refractivity contribution in [2.75, 3.05) is 0 Å². The number of carboxylic acid groups (broad SMARTS) is 1. The van der Waals surface area contributed by atoms with Crippen LogP contribution in [-0.4, -0.2) is 11.1 Å². The molecule has 26 heavy (non-hydrogen) atoms. The van der Waals surface area contributed by atoms with Gasteiger partial charge in [0.05, 0.1) is 5.92 Å². The molecular weight excluding hydrogens is 320 g/mol. The maximum Gasteiger partial charge on any atom is 0.310 e. The van der Waals surface area contributed by atoms with Gasteiger partial charge in [-0.05, 0) is 58.8 Å². The van der Waals surface area contributed by atoms with Gasteiger partial charge in [0.2, 0.25) is 0 Å². The highest BCUT2D eigenvalue weighted by Crippen LogP contribution is 2.46. The van der Waals surface area contributed by atoms with Crippen molar-refractivity contribution in [1.29, 1.82) is 0 Å². The lowest BCUT2D eigenvalue weighted by atomic mass is 9.62. The van der Waals surface area contributed by atoms with Crippen molar-refractivity contribution in [3.8, 4) is 0 Å². The fourth-order valence-corrected chi connectivity index (χ4v) is 4.21. The largest absolute Gasteiger partial charge is 0.481 e. The standard InChI is InChI=1S/C24H30O2/c1-23(2)14-15-24(3,4)21-16-18(11-13-20(21)23)19(22(25)26)12-10-17-8-6-5-7-9-17/h5-9,11,13,16,19H,10,12,14-15H2,1-4H3,(H,25,26)/t19-/m0/s1. The van der Waals surface area contributed by atoms with Crippen LogP contribution in [0.1, 0.15) is 75.1 Å². The summed E-state index contributed by atoms with van der Waals surface area (Å²) in [6.45, 7) is 9.16. The number of carbonyl (C=O) groups is 1. The zero-order valence-corrected chi connectivity index (χ0v) is 16.4. The van der Waals surface area contributed by atoms with Crippen LogP contribution in [0.3, 0.4) is 0 Å². The molecule has 0 bridgehead atoms. The maximum atomic E-state index is 12.0. The van der Waals surface area contributed by atoms with E-state index in [9.17, 15) is 9.90 Å². The Kier molecular flexibility index (Phi) is 4.96. The van der Waals surface area contributed by atoms with Gasteiger partial charge < -0.3 is 5.11 Å². The van der Waals surface area contributed by atoms with Crippen molar-refractivity contribution < 1.29 is 9.90 Å². The first-order valence-electron chi connectivity index (χ1n) is 9.62. The molecule has 2 nitrogen and oxygen atoms in total. The number of rotatable bonds is 5. The van der Waals surface area contributed by atoms with Crippen LogP contribution in [0.5, 0.6) is 0 Å². The van der Waals surface area contributed by atoms with Gasteiger partial charge in [-0.3, -0.25) is 4.79 Å². The predicted octanol–water partition coefficient (Wildman–Crippen LogP) is 5.84. The molecule has 1 aliphatic rings. The van der Waals surface area contributed by atoms with Gasteiger partial charge in [0, 0.05) is 0 Å². The molecule has 2 aromatic rings. The molecule has 0 saturated carbocycles. The Hall–Kier alpha value is -2.09. The number of hydrogen-bond donors (Lipinski definition) is 1. The second kappa shape index (κ2) is 6.90. The monoisotopic (exact) mass is 350 g/mol. The summed E-state index contributed by atoms with van der Waals surface area (Å²) in [5, 5.41) is 9.84. The smallest absolute Gasteiger partial charge is 0.310 e. The van der Waals surface area contributed by atoms with Crippen molar-refractivity contribution in [2.24, 2.45) is 0 Å². The van der Waals surface area contributed by atoms with Crippen molar-refractivity contribution >= 4 is 5.97 Å². The fraction of sp³-hybridized carbons (Fsp3) is 0.458. The van der Waals surface area contributed by atoms with Crippen LogP contribution in [0.4, 0.5) is 0 Å². The van der Waals surface area contributed by atoms with Gasteiger partial charge in [-0.15, -0.1) is 0 Å². The zero-order chi connectivity index (χ0) is 18.9. The van der Waals surface area contributed by atoms with E-state index in [0.717, 1.165) is 18.4 Å². The minimum absolute atomic E-state index is 0.101. The van der Waals surface area contributed by atoms with Gasteiger partial charge >= 0.3 is 5.97 Å². The first-order chi connectivity index (χ1) is 12.2. The van der Waals surface area contributed by atoms with Crippen LogP contribution in [0, 0.1) is 0 Å². The summed E-state index contributed by atoms with van der Waals surface area (Å²) >= 11 is 0. The van der Waals surface area contributed by atoms with E-state index in [4.69, 9.17) is 0 Å². The Morgan fingerprint density at radius 1 is 0.962 bits per heavy atom. The molecule has 0 radical (unpaired) electrons. The SMILES string of the molecule is CC1(C)CCC(C)(C)c2cc([C@H](CCc3ccccc3)C(=O)O)ccc21. The Morgan fingerprint density at radius 2 is 1.58 bits per heavy atom. The maximum absolute atomic E-state index is 12.0. The van der Waals surface area contributed by atoms with E-state index in [-0.39, 0.29) is 10.8 Å². The number of fused-ring (bicyclic) bond motifs is 1. The Morgan fingerprint density at radius 3 is 2.19 bits per heavy atom. The van der Waals surface area contributed by atoms with Crippen LogP contribution in [0.25, 0.3) is 0 Å². The van der Waals surface area contributed by atoms with Gasteiger partial charge in [0.15, 0.2) is 0 Å². The molecule has 1 aliphatic carbocycles. The van der Waals surface area contributed by atoms with Crippen LogP contribution in [0.15, 0.2) is 48.5 Å². The molecule has 2 heteroatoms. The third-order valence-corrected chi connectivity index (χ3v) is 6.14. The molecule has 2 aromatic carbocycles. The molecule has 1 N–H and O–H groups in total. The zero-order valence-electron chi connectivity index (χ0n) is 16.4. The van der Waals surface area contributed by atoms with E-state index in [2.05, 4.69) is 52.0 Å². The molecule has 0 aromatic heterocycles. The number of hydrogen-bond acceptors (Lipinski definition) is 1. The lowest BCUT2D eigenvalue weighted by molar-refractivity contribution is -0.138. The van der Waals surface area contributed by atoms with E-state index >= 15 is 0 Å². The fourth-order valence-electron chi connectivity index (χ4n) is 4.21. The predicted molar refractivity (Wildman–Crippen MR) is 107 cm³/mol. The van der Waals surface area contributed by atoms with Gasteiger partial charge in [0.25, 0.3) is 0 Å². The summed E-state index contributed by atoms with van der Waals surface area (Å²) < 4.78 is 0. The summed E-state index contributed by atoms with van der Waals surface area (Å²) in [6, 6.07) is 16.6. The van der Waals surface area contributed by atoms with Gasteiger partial charge in [0.1, 0.15) is 0 Å². The van der Waals surface area contributed by atoms with Gasteiger partial charge in [-0.25, -0.2) is 0 Å². The Balaban J connectivity index is 1.92. The Labute approximate surface area is 157 Å². The van der Waals surface area contributed by atoms with Crippen molar-refractivity contribution in [3.63, 3.8) is 0 Å². The van der Waals surface area contributed by atoms with Crippen LogP contribution in [0.2, 0.25) is 0 Å². The number of aryl methyl sites for hydroxylation is 1. The molecule has 0 unspecified atom stereocenters. The topological polar surface area (TPSA) is 37.3 Å². The van der Waals surface area contributed by atoms with E-state index in [1.165, 1.54) is 23.1 Å². The lowest BCUT2D eigenvalue weighted by Crippen LogP contribution is -2.34. The molecule has 138 valence electrons. The first-order valence-corrected chi connectivity index (χ1v) is 9.62. The first kappa shape index (κ1) is 18.7. The summed E-state index contributed by atoms with van der Waals surface area (Å²) in [7, 11) is 0. The summed E-state index contributed by atoms with van der Waals surface area (Å²) in [4.78, 5) is 12.0. The molecular formula is C24H30O2. The minimum atomic E-state index is -0.728. The Bertz CT molecular complexity index is 787. The van der Waals surface area contributed by atoms with E-state index in [1.807, 2.05) is 24.3 Å². The second-order valence-corrected chi connectivity index (χ2v) is 8.99. The minimum Gasteiger partial charge on any atom is -0.481 e. The second-order valence-electron chi connectivity index (χ2n) is 8.99. The highest BCUT2D eigenvalue weighted by molar-refractivity contribution is 5.76. The quantitative estimate of drug-likeness (QED) is 0.736. The summed E-state index contributed by atoms with van der Waals surface area (Å²) in [5.41, 5.74) is 5.10. The molecule has 0 fully saturated rings. The van der Waals surface area contributed by atoms with E-state index in [0.29, 0.717) is 6.42 Å². The van der Waals surface area contributed by atoms with E-state index < -0.39 is 11.9 Å².